The van der Waals surface area contributed by atoms with Gasteiger partial charge in [-0.2, -0.15) is 0 Å². The van der Waals surface area contributed by atoms with Crippen molar-refractivity contribution in [3.63, 3.8) is 0 Å². The van der Waals surface area contributed by atoms with Gasteiger partial charge < -0.3 is 5.11 Å². The van der Waals surface area contributed by atoms with E-state index < -0.39 is 6.10 Å². The Morgan fingerprint density at radius 1 is 1.33 bits per heavy atom. The highest BCUT2D eigenvalue weighted by atomic mass is 16.3. The fourth-order valence-electron chi connectivity index (χ4n) is 1.59. The monoisotopic (exact) mass is 206 g/mol. The topological polar surface area (TPSA) is 37.3 Å². The SMILES string of the molecule is CCC[C@@H](O)[C@@H](C)C(=O)c1ccccc1. The number of hydrogen-bond donors (Lipinski definition) is 1. The number of aliphatic hydroxyl groups excluding tert-OH is 1. The first-order chi connectivity index (χ1) is 7.16. The van der Waals surface area contributed by atoms with Gasteiger partial charge in [0, 0.05) is 11.5 Å². The maximum absolute atomic E-state index is 11.9. The molecule has 0 aliphatic heterocycles. The van der Waals surface area contributed by atoms with Crippen LogP contribution in [-0.4, -0.2) is 17.0 Å². The molecule has 0 aliphatic carbocycles. The summed E-state index contributed by atoms with van der Waals surface area (Å²) in [5, 5.41) is 9.73. The molecule has 0 spiro atoms. The smallest absolute Gasteiger partial charge is 0.168 e. The van der Waals surface area contributed by atoms with Crippen LogP contribution in [0.25, 0.3) is 0 Å². The van der Waals surface area contributed by atoms with Gasteiger partial charge in [0.2, 0.25) is 0 Å². The molecule has 2 heteroatoms. The molecule has 2 nitrogen and oxygen atoms in total. The first-order valence-electron chi connectivity index (χ1n) is 5.44. The largest absolute Gasteiger partial charge is 0.392 e. The zero-order chi connectivity index (χ0) is 11.3. The van der Waals surface area contributed by atoms with Crippen molar-refractivity contribution >= 4 is 5.78 Å². The molecule has 0 unspecified atom stereocenters. The molecule has 1 aromatic carbocycles. The molecule has 0 fully saturated rings. The number of carbonyl (C=O) groups excluding carboxylic acids is 1. The summed E-state index contributed by atoms with van der Waals surface area (Å²) in [6, 6.07) is 9.14. The average Bonchev–Trinajstić information content (AvgIpc) is 2.28. The lowest BCUT2D eigenvalue weighted by atomic mass is 9.92. The number of aliphatic hydroxyl groups is 1. The Kier molecular flexibility index (Phi) is 4.50. The molecule has 15 heavy (non-hydrogen) atoms. The number of ketones is 1. The quantitative estimate of drug-likeness (QED) is 0.752. The summed E-state index contributed by atoms with van der Waals surface area (Å²) in [4.78, 5) is 11.9. The molecule has 2 atom stereocenters. The van der Waals surface area contributed by atoms with Crippen LogP contribution in [0, 0.1) is 5.92 Å². The molecule has 0 saturated carbocycles. The van der Waals surface area contributed by atoms with Gasteiger partial charge in [-0.3, -0.25) is 4.79 Å². The normalized spacial score (nSPS) is 14.6. The average molecular weight is 206 g/mol. The highest BCUT2D eigenvalue weighted by Gasteiger charge is 2.21. The number of benzene rings is 1. The summed E-state index contributed by atoms with van der Waals surface area (Å²) >= 11 is 0. The maximum Gasteiger partial charge on any atom is 0.168 e. The maximum atomic E-state index is 11.9. The summed E-state index contributed by atoms with van der Waals surface area (Å²) in [6.07, 6.45) is 1.05. The van der Waals surface area contributed by atoms with Crippen molar-refractivity contribution < 1.29 is 9.90 Å². The van der Waals surface area contributed by atoms with Gasteiger partial charge in [-0.25, -0.2) is 0 Å². The van der Waals surface area contributed by atoms with E-state index in [1.54, 1.807) is 19.1 Å². The van der Waals surface area contributed by atoms with E-state index in [-0.39, 0.29) is 11.7 Å². The van der Waals surface area contributed by atoms with Crippen molar-refractivity contribution in [1.29, 1.82) is 0 Å². The number of rotatable bonds is 5. The zero-order valence-electron chi connectivity index (χ0n) is 9.31. The van der Waals surface area contributed by atoms with Gasteiger partial charge in [0.05, 0.1) is 6.10 Å². The summed E-state index contributed by atoms with van der Waals surface area (Å²) in [5.74, 6) is -0.288. The predicted molar refractivity (Wildman–Crippen MR) is 60.9 cm³/mol. The van der Waals surface area contributed by atoms with Gasteiger partial charge in [-0.1, -0.05) is 50.6 Å². The van der Waals surface area contributed by atoms with Crippen LogP contribution in [-0.2, 0) is 0 Å². The van der Waals surface area contributed by atoms with Crippen molar-refractivity contribution in [1.82, 2.24) is 0 Å². The lowest BCUT2D eigenvalue weighted by Crippen LogP contribution is -2.25. The highest BCUT2D eigenvalue weighted by molar-refractivity contribution is 5.97. The van der Waals surface area contributed by atoms with Crippen molar-refractivity contribution in [2.24, 2.45) is 5.92 Å². The van der Waals surface area contributed by atoms with E-state index in [1.807, 2.05) is 25.1 Å². The highest BCUT2D eigenvalue weighted by Crippen LogP contribution is 2.15. The van der Waals surface area contributed by atoms with Crippen LogP contribution in [0.5, 0.6) is 0 Å². The molecule has 0 aromatic heterocycles. The Balaban J connectivity index is 2.69. The minimum Gasteiger partial charge on any atom is -0.392 e. The fraction of sp³-hybridized carbons (Fsp3) is 0.462. The van der Waals surface area contributed by atoms with Gasteiger partial charge in [0.25, 0.3) is 0 Å². The lowest BCUT2D eigenvalue weighted by Gasteiger charge is -2.16. The first kappa shape index (κ1) is 11.9. The molecule has 1 N–H and O–H groups in total. The van der Waals surface area contributed by atoms with E-state index in [0.717, 1.165) is 6.42 Å². The third-order valence-corrected chi connectivity index (χ3v) is 2.63. The third-order valence-electron chi connectivity index (χ3n) is 2.63. The number of hydrogen-bond acceptors (Lipinski definition) is 2. The zero-order valence-corrected chi connectivity index (χ0v) is 9.31. The van der Waals surface area contributed by atoms with Crippen molar-refractivity contribution in [3.8, 4) is 0 Å². The Morgan fingerprint density at radius 3 is 2.47 bits per heavy atom. The standard InChI is InChI=1S/C13H18O2/c1-3-7-12(14)10(2)13(15)11-8-5-4-6-9-11/h4-6,8-10,12,14H,3,7H2,1-2H3/t10-,12-/m1/s1. The van der Waals surface area contributed by atoms with E-state index in [4.69, 9.17) is 0 Å². The molecule has 0 radical (unpaired) electrons. The minimum atomic E-state index is -0.525. The van der Waals surface area contributed by atoms with Crippen molar-refractivity contribution in [2.75, 3.05) is 0 Å². The third kappa shape index (κ3) is 3.17. The Bertz CT molecular complexity index is 306. The van der Waals surface area contributed by atoms with Gasteiger partial charge in [-0.15, -0.1) is 0 Å². The molecule has 0 amide bonds. The second-order valence-electron chi connectivity index (χ2n) is 3.87. The van der Waals surface area contributed by atoms with Crippen LogP contribution in [0.3, 0.4) is 0 Å². The van der Waals surface area contributed by atoms with Crippen molar-refractivity contribution in [2.45, 2.75) is 32.8 Å². The van der Waals surface area contributed by atoms with E-state index in [1.165, 1.54) is 0 Å². The van der Waals surface area contributed by atoms with E-state index in [2.05, 4.69) is 0 Å². The van der Waals surface area contributed by atoms with Crippen molar-refractivity contribution in [3.05, 3.63) is 35.9 Å². The Labute approximate surface area is 90.9 Å². The van der Waals surface area contributed by atoms with Crippen LogP contribution >= 0.6 is 0 Å². The Hall–Kier alpha value is -1.15. The van der Waals surface area contributed by atoms with Gasteiger partial charge in [-0.05, 0) is 6.42 Å². The van der Waals surface area contributed by atoms with Crippen LogP contribution in [0.4, 0.5) is 0 Å². The Morgan fingerprint density at radius 2 is 1.93 bits per heavy atom. The summed E-state index contributed by atoms with van der Waals surface area (Å²) in [7, 11) is 0. The second-order valence-corrected chi connectivity index (χ2v) is 3.87. The second kappa shape index (κ2) is 5.66. The predicted octanol–water partition coefficient (Wildman–Crippen LogP) is 2.67. The molecule has 82 valence electrons. The van der Waals surface area contributed by atoms with Gasteiger partial charge in [0.1, 0.15) is 0 Å². The number of Topliss-reactive ketones (excluding diaryl/α,β-unsaturated/α-hetero) is 1. The summed E-state index contributed by atoms with van der Waals surface area (Å²) in [5.41, 5.74) is 0.681. The lowest BCUT2D eigenvalue weighted by molar-refractivity contribution is 0.0689. The fourth-order valence-corrected chi connectivity index (χ4v) is 1.59. The molecular formula is C13H18O2. The molecule has 1 aromatic rings. The van der Waals surface area contributed by atoms with E-state index in [9.17, 15) is 9.90 Å². The molecule has 0 bridgehead atoms. The first-order valence-corrected chi connectivity index (χ1v) is 5.44. The molecule has 0 heterocycles. The van der Waals surface area contributed by atoms with Gasteiger partial charge >= 0.3 is 0 Å². The van der Waals surface area contributed by atoms with E-state index in [0.29, 0.717) is 12.0 Å². The minimum absolute atomic E-state index is 0.0246. The number of carbonyl (C=O) groups is 1. The summed E-state index contributed by atoms with van der Waals surface area (Å²) < 4.78 is 0. The van der Waals surface area contributed by atoms with Crippen LogP contribution in [0.15, 0.2) is 30.3 Å². The molecule has 0 aliphatic rings. The molecule has 1 rings (SSSR count). The van der Waals surface area contributed by atoms with E-state index >= 15 is 0 Å². The van der Waals surface area contributed by atoms with Crippen LogP contribution in [0.2, 0.25) is 0 Å². The van der Waals surface area contributed by atoms with Gasteiger partial charge in [0.15, 0.2) is 5.78 Å². The molecular weight excluding hydrogens is 188 g/mol. The molecule has 0 saturated heterocycles. The van der Waals surface area contributed by atoms with Crippen LogP contribution < -0.4 is 0 Å². The summed E-state index contributed by atoms with van der Waals surface area (Å²) in [6.45, 7) is 3.79. The van der Waals surface area contributed by atoms with Crippen LogP contribution in [0.1, 0.15) is 37.0 Å².